The predicted molar refractivity (Wildman–Crippen MR) is 92.0 cm³/mol. The largest absolute Gasteiger partial charge is 0.485 e. The highest BCUT2D eigenvalue weighted by atomic mass is 35.5. The number of hydrogen-bond acceptors (Lipinski definition) is 7. The average Bonchev–Trinajstić information content (AvgIpc) is 2.58. The molecule has 0 N–H and O–H groups in total. The normalized spacial score (nSPS) is 17.4. The fraction of sp³-hybridized carbons (Fsp3) is 0.400. The highest BCUT2D eigenvalue weighted by molar-refractivity contribution is 7.80. The number of nitrogens with zero attached hydrogens (tertiary/aromatic N) is 2. The van der Waals surface area contributed by atoms with E-state index in [0.717, 1.165) is 4.90 Å². The zero-order valence-corrected chi connectivity index (χ0v) is 14.8. The number of likely N-dealkylation sites (tertiary alicyclic amines) is 1. The summed E-state index contributed by atoms with van der Waals surface area (Å²) in [6.45, 7) is 1.80. The minimum Gasteiger partial charge on any atom is -0.485 e. The molecular weight excluding hydrogens is 372 g/mol. The van der Waals surface area contributed by atoms with Crippen molar-refractivity contribution in [2.75, 3.05) is 6.61 Å². The Kier molecular flexibility index (Phi) is 6.27. The topological polar surface area (TPSA) is 99.0 Å². The summed E-state index contributed by atoms with van der Waals surface area (Å²) in [6, 6.07) is 4.36. The number of halogens is 1. The highest BCUT2D eigenvalue weighted by Gasteiger charge is 2.46. The monoisotopic (exact) mass is 386 g/mol. The number of benzene rings is 1. The van der Waals surface area contributed by atoms with Crippen molar-refractivity contribution in [1.29, 1.82) is 0 Å². The summed E-state index contributed by atoms with van der Waals surface area (Å²) in [5, 5.41) is 10.5. The first-order valence-corrected chi connectivity index (χ1v) is 8.21. The molecular formula is C15H15ClN2O6S. The van der Waals surface area contributed by atoms with Crippen LogP contribution in [0.15, 0.2) is 24.3 Å². The summed E-state index contributed by atoms with van der Waals surface area (Å²) in [4.78, 5) is 35.3. The molecule has 0 saturated carbocycles. The fourth-order valence-corrected chi connectivity index (χ4v) is 2.87. The van der Waals surface area contributed by atoms with Gasteiger partial charge in [-0.3, -0.25) is 14.9 Å². The first-order chi connectivity index (χ1) is 11.8. The van der Waals surface area contributed by atoms with Gasteiger partial charge in [0, 0.05) is 12.1 Å². The Hall–Kier alpha value is -2.26. The molecule has 2 atom stereocenters. The molecule has 1 heterocycles. The Labute approximate surface area is 153 Å². The lowest BCUT2D eigenvalue weighted by Crippen LogP contribution is -2.60. The number of amides is 1. The van der Waals surface area contributed by atoms with E-state index in [0.29, 0.717) is 5.56 Å². The SMILES string of the molecule is CCOC(=S)C(C(=O)OCc1ccc([N+](=O)[O-])cc1)N1C(=O)CC1Cl. The predicted octanol–water partition coefficient (Wildman–Crippen LogP) is 2.17. The molecule has 0 bridgehead atoms. The van der Waals surface area contributed by atoms with Crippen LogP contribution >= 0.6 is 23.8 Å². The minimum atomic E-state index is -1.20. The van der Waals surface area contributed by atoms with Gasteiger partial charge in [0.15, 0.2) is 11.1 Å². The van der Waals surface area contributed by atoms with Crippen LogP contribution in [0.4, 0.5) is 5.69 Å². The zero-order chi connectivity index (χ0) is 18.6. The van der Waals surface area contributed by atoms with E-state index < -0.39 is 22.4 Å². The van der Waals surface area contributed by atoms with Gasteiger partial charge >= 0.3 is 5.97 Å². The van der Waals surface area contributed by atoms with Crippen molar-refractivity contribution in [3.63, 3.8) is 0 Å². The molecule has 134 valence electrons. The van der Waals surface area contributed by atoms with Crippen molar-refractivity contribution in [3.8, 4) is 0 Å². The first kappa shape index (κ1) is 19.1. The van der Waals surface area contributed by atoms with Gasteiger partial charge in [0.2, 0.25) is 5.91 Å². The standard InChI is InChI=1S/C15H15ClN2O6S/c1-2-23-15(25)13(17-11(16)7-12(17)19)14(20)24-8-9-3-5-10(6-4-9)18(21)22/h3-6,11,13H,2,7-8H2,1H3. The summed E-state index contributed by atoms with van der Waals surface area (Å²) in [6.07, 6.45) is 0.114. The van der Waals surface area contributed by atoms with E-state index in [1.807, 2.05) is 0 Å². The summed E-state index contributed by atoms with van der Waals surface area (Å²) >= 11 is 11.0. The summed E-state index contributed by atoms with van der Waals surface area (Å²) in [5.74, 6) is -1.09. The number of thiocarbonyl (C=S) groups is 1. The number of hydrogen-bond donors (Lipinski definition) is 0. The molecule has 25 heavy (non-hydrogen) atoms. The van der Waals surface area contributed by atoms with Gasteiger partial charge in [-0.25, -0.2) is 4.79 Å². The van der Waals surface area contributed by atoms with E-state index in [4.69, 9.17) is 33.3 Å². The third-order valence-electron chi connectivity index (χ3n) is 3.47. The van der Waals surface area contributed by atoms with Gasteiger partial charge in [0.1, 0.15) is 12.1 Å². The number of alkyl halides is 1. The summed E-state index contributed by atoms with van der Waals surface area (Å²) in [7, 11) is 0. The van der Waals surface area contributed by atoms with Gasteiger partial charge in [0.05, 0.1) is 18.0 Å². The molecule has 1 saturated heterocycles. The smallest absolute Gasteiger partial charge is 0.338 e. The van der Waals surface area contributed by atoms with Crippen LogP contribution in [-0.4, -0.2) is 44.9 Å². The number of rotatable bonds is 7. The Balaban J connectivity index is 2.05. The molecule has 1 aromatic rings. The Morgan fingerprint density at radius 1 is 1.44 bits per heavy atom. The lowest BCUT2D eigenvalue weighted by Gasteiger charge is -2.40. The maximum absolute atomic E-state index is 12.4. The molecule has 2 rings (SSSR count). The van der Waals surface area contributed by atoms with E-state index in [-0.39, 0.29) is 36.3 Å². The number of carbonyl (C=O) groups is 2. The van der Waals surface area contributed by atoms with Crippen LogP contribution in [0.3, 0.4) is 0 Å². The first-order valence-electron chi connectivity index (χ1n) is 7.37. The molecule has 10 heteroatoms. The third-order valence-corrected chi connectivity index (χ3v) is 4.18. The molecule has 0 aliphatic carbocycles. The Morgan fingerprint density at radius 3 is 2.56 bits per heavy atom. The number of nitro groups is 1. The van der Waals surface area contributed by atoms with Gasteiger partial charge in [-0.2, -0.15) is 0 Å². The van der Waals surface area contributed by atoms with Gasteiger partial charge in [-0.15, -0.1) is 0 Å². The van der Waals surface area contributed by atoms with Crippen molar-refractivity contribution >= 4 is 46.4 Å². The van der Waals surface area contributed by atoms with Crippen molar-refractivity contribution < 1.29 is 24.0 Å². The van der Waals surface area contributed by atoms with Gasteiger partial charge in [-0.05, 0) is 36.8 Å². The average molecular weight is 387 g/mol. The summed E-state index contributed by atoms with van der Waals surface area (Å²) in [5.41, 5.74) is -0.165. The number of non-ortho nitro benzene ring substituents is 1. The van der Waals surface area contributed by atoms with E-state index in [9.17, 15) is 19.7 Å². The van der Waals surface area contributed by atoms with Crippen LogP contribution in [0.5, 0.6) is 0 Å². The maximum atomic E-state index is 12.4. The second kappa shape index (κ2) is 8.21. The van der Waals surface area contributed by atoms with Crippen LogP contribution < -0.4 is 0 Å². The van der Waals surface area contributed by atoms with Crippen molar-refractivity contribution in [1.82, 2.24) is 4.90 Å². The number of ether oxygens (including phenoxy) is 2. The molecule has 2 unspecified atom stereocenters. The molecule has 1 aromatic carbocycles. The van der Waals surface area contributed by atoms with E-state index in [1.165, 1.54) is 24.3 Å². The summed E-state index contributed by atoms with van der Waals surface area (Å²) < 4.78 is 10.4. The van der Waals surface area contributed by atoms with Crippen molar-refractivity contribution in [3.05, 3.63) is 39.9 Å². The number of carbonyl (C=O) groups excluding carboxylic acids is 2. The quantitative estimate of drug-likeness (QED) is 0.135. The molecule has 1 aliphatic rings. The third kappa shape index (κ3) is 4.43. The molecule has 1 aliphatic heterocycles. The van der Waals surface area contributed by atoms with Crippen LogP contribution in [0.1, 0.15) is 18.9 Å². The van der Waals surface area contributed by atoms with Crippen LogP contribution in [0.2, 0.25) is 0 Å². The minimum absolute atomic E-state index is 0.0679. The maximum Gasteiger partial charge on any atom is 0.338 e. The van der Waals surface area contributed by atoms with Crippen molar-refractivity contribution in [2.24, 2.45) is 0 Å². The molecule has 1 fully saturated rings. The van der Waals surface area contributed by atoms with Gasteiger partial charge in [-0.1, -0.05) is 11.6 Å². The van der Waals surface area contributed by atoms with Gasteiger partial charge < -0.3 is 14.4 Å². The Bertz CT molecular complexity index is 696. The second-order valence-electron chi connectivity index (χ2n) is 5.13. The molecule has 0 radical (unpaired) electrons. The lowest BCUT2D eigenvalue weighted by atomic mass is 10.1. The number of esters is 1. The highest BCUT2D eigenvalue weighted by Crippen LogP contribution is 2.27. The molecule has 0 spiro atoms. The van der Waals surface area contributed by atoms with Crippen molar-refractivity contribution in [2.45, 2.75) is 31.5 Å². The van der Waals surface area contributed by atoms with E-state index >= 15 is 0 Å². The Morgan fingerprint density at radius 2 is 2.08 bits per heavy atom. The fourth-order valence-electron chi connectivity index (χ4n) is 2.19. The van der Waals surface area contributed by atoms with Crippen LogP contribution in [-0.2, 0) is 25.7 Å². The number of nitro benzene ring substituents is 1. The van der Waals surface area contributed by atoms with Crippen LogP contribution in [0.25, 0.3) is 0 Å². The molecule has 8 nitrogen and oxygen atoms in total. The van der Waals surface area contributed by atoms with E-state index in [1.54, 1.807) is 6.92 Å². The molecule has 1 amide bonds. The van der Waals surface area contributed by atoms with E-state index in [2.05, 4.69) is 0 Å². The number of β-lactam (4-membered cyclic amide) rings is 1. The van der Waals surface area contributed by atoms with Gasteiger partial charge in [0.25, 0.3) is 5.69 Å². The lowest BCUT2D eigenvalue weighted by molar-refractivity contribution is -0.384. The van der Waals surface area contributed by atoms with Crippen LogP contribution in [0, 0.1) is 10.1 Å². The zero-order valence-electron chi connectivity index (χ0n) is 13.2. The second-order valence-corrected chi connectivity index (χ2v) is 6.03. The molecule has 0 aromatic heterocycles.